The van der Waals surface area contributed by atoms with Crippen molar-refractivity contribution in [3.8, 4) is 11.5 Å². The number of carbonyl (C=O) groups excluding carboxylic acids is 1. The Bertz CT molecular complexity index is 753. The van der Waals surface area contributed by atoms with E-state index in [-0.39, 0.29) is 17.4 Å². The first-order valence-electron chi connectivity index (χ1n) is 7.10. The zero-order valence-corrected chi connectivity index (χ0v) is 15.0. The highest BCUT2D eigenvalue weighted by atomic mass is 32.2. The van der Waals surface area contributed by atoms with E-state index in [1.807, 2.05) is 6.92 Å². The van der Waals surface area contributed by atoms with Crippen molar-refractivity contribution in [1.82, 2.24) is 10.2 Å². The fourth-order valence-corrected chi connectivity index (χ4v) is 3.39. The summed E-state index contributed by atoms with van der Waals surface area (Å²) in [5.74, 6) is 0.563. The quantitative estimate of drug-likeness (QED) is 0.421. The number of ether oxygens (including phenoxy) is 2. The van der Waals surface area contributed by atoms with Crippen molar-refractivity contribution in [1.29, 1.82) is 0 Å². The Balaban J connectivity index is 2.01. The summed E-state index contributed by atoms with van der Waals surface area (Å²) >= 11 is 2.83. The molecular weight excluding hydrogens is 372 g/mol. The van der Waals surface area contributed by atoms with Crippen LogP contribution in [0.4, 0.5) is 13.9 Å². The van der Waals surface area contributed by atoms with Crippen LogP contribution in [0.1, 0.15) is 12.5 Å². The van der Waals surface area contributed by atoms with Gasteiger partial charge in [0.15, 0.2) is 15.8 Å². The van der Waals surface area contributed by atoms with Gasteiger partial charge < -0.3 is 9.47 Å². The second-order valence-corrected chi connectivity index (χ2v) is 6.91. The van der Waals surface area contributed by atoms with Crippen LogP contribution in [0.5, 0.6) is 11.5 Å². The molecule has 2 aromatic rings. The molecule has 2 rings (SSSR count). The summed E-state index contributed by atoms with van der Waals surface area (Å²) in [7, 11) is 1.34. The van der Waals surface area contributed by atoms with E-state index in [2.05, 4.69) is 20.3 Å². The molecule has 0 saturated carbocycles. The summed E-state index contributed by atoms with van der Waals surface area (Å²) in [6, 6.07) is 4.37. The van der Waals surface area contributed by atoms with Gasteiger partial charge in [-0.2, -0.15) is 8.78 Å². The number of amides is 1. The monoisotopic (exact) mass is 387 g/mol. The fourth-order valence-electron chi connectivity index (χ4n) is 1.74. The molecule has 134 valence electrons. The third kappa shape index (κ3) is 5.98. The number of benzene rings is 1. The normalized spacial score (nSPS) is 11.1. The Morgan fingerprint density at radius 3 is 2.88 bits per heavy atom. The van der Waals surface area contributed by atoms with Crippen molar-refractivity contribution in [3.63, 3.8) is 0 Å². The summed E-state index contributed by atoms with van der Waals surface area (Å²) in [4.78, 5) is 11.9. The molecule has 0 atom stereocenters. The van der Waals surface area contributed by atoms with Crippen molar-refractivity contribution >= 4 is 40.2 Å². The SMILES string of the molecule is CCSc1nnc(NC(=O)/C=C/c2ccc(OC(F)F)c(OC)c2)s1. The van der Waals surface area contributed by atoms with Gasteiger partial charge >= 0.3 is 6.61 Å². The molecule has 1 aromatic carbocycles. The maximum absolute atomic E-state index is 12.3. The summed E-state index contributed by atoms with van der Waals surface area (Å²) in [5, 5.41) is 10.8. The average molecular weight is 387 g/mol. The molecule has 1 aromatic heterocycles. The maximum atomic E-state index is 12.3. The first kappa shape index (κ1) is 19.1. The molecule has 0 unspecified atom stereocenters. The fraction of sp³-hybridized carbons (Fsp3) is 0.267. The van der Waals surface area contributed by atoms with Crippen molar-refractivity contribution in [2.75, 3.05) is 18.2 Å². The van der Waals surface area contributed by atoms with Crippen molar-refractivity contribution in [2.45, 2.75) is 17.9 Å². The number of carbonyl (C=O) groups is 1. The molecule has 1 amide bonds. The van der Waals surface area contributed by atoms with Crippen LogP contribution in [0.2, 0.25) is 0 Å². The van der Waals surface area contributed by atoms with E-state index < -0.39 is 6.61 Å². The third-order valence-electron chi connectivity index (χ3n) is 2.74. The summed E-state index contributed by atoms with van der Waals surface area (Å²) < 4.78 is 34.7. The number of hydrogen-bond acceptors (Lipinski definition) is 7. The predicted octanol–water partition coefficient (Wildman–Crippen LogP) is 3.91. The number of alkyl halides is 2. The number of methoxy groups -OCH3 is 1. The van der Waals surface area contributed by atoms with E-state index >= 15 is 0 Å². The minimum absolute atomic E-state index is 0.0751. The van der Waals surface area contributed by atoms with Crippen molar-refractivity contribution < 1.29 is 23.0 Å². The molecule has 25 heavy (non-hydrogen) atoms. The summed E-state index contributed by atoms with van der Waals surface area (Å²) in [6.45, 7) is -0.942. The van der Waals surface area contributed by atoms with E-state index in [0.717, 1.165) is 10.1 Å². The molecule has 0 aliphatic carbocycles. The van der Waals surface area contributed by atoms with Crippen LogP contribution in [0, 0.1) is 0 Å². The molecular formula is C15H15F2N3O3S2. The van der Waals surface area contributed by atoms with Crippen LogP contribution in [-0.4, -0.2) is 35.6 Å². The van der Waals surface area contributed by atoms with Gasteiger partial charge in [-0.25, -0.2) is 0 Å². The lowest BCUT2D eigenvalue weighted by Crippen LogP contribution is -2.07. The third-order valence-corrected chi connectivity index (χ3v) is 4.59. The molecule has 6 nitrogen and oxygen atoms in total. The predicted molar refractivity (Wildman–Crippen MR) is 93.6 cm³/mol. The average Bonchev–Trinajstić information content (AvgIpc) is 3.00. The minimum Gasteiger partial charge on any atom is -0.493 e. The Kier molecular flexibility index (Phi) is 7.14. The van der Waals surface area contributed by atoms with Crippen LogP contribution < -0.4 is 14.8 Å². The first-order valence-corrected chi connectivity index (χ1v) is 8.90. The topological polar surface area (TPSA) is 73.3 Å². The minimum atomic E-state index is -2.94. The number of anilines is 1. The second-order valence-electron chi connectivity index (χ2n) is 4.42. The molecule has 0 aliphatic heterocycles. The lowest BCUT2D eigenvalue weighted by Gasteiger charge is -2.10. The molecule has 1 N–H and O–H groups in total. The van der Waals surface area contributed by atoms with Gasteiger partial charge in [-0.05, 0) is 29.5 Å². The first-order chi connectivity index (χ1) is 12.0. The van der Waals surface area contributed by atoms with E-state index in [1.54, 1.807) is 0 Å². The highest BCUT2D eigenvalue weighted by molar-refractivity contribution is 8.01. The maximum Gasteiger partial charge on any atom is 0.387 e. The Hall–Kier alpha value is -2.20. The van der Waals surface area contributed by atoms with Crippen molar-refractivity contribution in [2.24, 2.45) is 0 Å². The van der Waals surface area contributed by atoms with Crippen LogP contribution in [0.25, 0.3) is 6.08 Å². The highest BCUT2D eigenvalue weighted by Gasteiger charge is 2.10. The highest BCUT2D eigenvalue weighted by Crippen LogP contribution is 2.30. The van der Waals surface area contributed by atoms with E-state index in [9.17, 15) is 13.6 Å². The van der Waals surface area contributed by atoms with Gasteiger partial charge in [-0.15, -0.1) is 10.2 Å². The van der Waals surface area contributed by atoms with Gasteiger partial charge in [0.1, 0.15) is 0 Å². The van der Waals surface area contributed by atoms with Gasteiger partial charge in [0.25, 0.3) is 0 Å². The molecule has 1 heterocycles. The second kappa shape index (κ2) is 9.33. The zero-order chi connectivity index (χ0) is 18.2. The Labute approximate surface area is 151 Å². The number of thioether (sulfide) groups is 1. The molecule has 0 bridgehead atoms. The molecule has 0 spiro atoms. The largest absolute Gasteiger partial charge is 0.493 e. The van der Waals surface area contributed by atoms with E-state index in [0.29, 0.717) is 10.7 Å². The number of rotatable bonds is 8. The van der Waals surface area contributed by atoms with Crippen LogP contribution in [-0.2, 0) is 4.79 Å². The molecule has 0 radical (unpaired) electrons. The van der Waals surface area contributed by atoms with Gasteiger partial charge in [-0.3, -0.25) is 10.1 Å². The van der Waals surface area contributed by atoms with Crippen LogP contribution in [0.15, 0.2) is 28.6 Å². The number of halogens is 2. The van der Waals surface area contributed by atoms with Gasteiger partial charge in [0, 0.05) is 6.08 Å². The number of nitrogens with one attached hydrogen (secondary N) is 1. The van der Waals surface area contributed by atoms with Crippen LogP contribution >= 0.6 is 23.1 Å². The van der Waals surface area contributed by atoms with Gasteiger partial charge in [0.05, 0.1) is 7.11 Å². The van der Waals surface area contributed by atoms with E-state index in [4.69, 9.17) is 4.74 Å². The number of hydrogen-bond donors (Lipinski definition) is 1. The molecule has 0 aliphatic rings. The Morgan fingerprint density at radius 1 is 1.40 bits per heavy atom. The molecule has 10 heteroatoms. The number of aromatic nitrogens is 2. The lowest BCUT2D eigenvalue weighted by atomic mass is 10.2. The Morgan fingerprint density at radius 2 is 2.20 bits per heavy atom. The van der Waals surface area contributed by atoms with E-state index in [1.165, 1.54) is 60.6 Å². The number of nitrogens with zero attached hydrogens (tertiary/aromatic N) is 2. The van der Waals surface area contributed by atoms with Gasteiger partial charge in [-0.1, -0.05) is 36.1 Å². The molecule has 0 saturated heterocycles. The lowest BCUT2D eigenvalue weighted by molar-refractivity contribution is -0.111. The summed E-state index contributed by atoms with van der Waals surface area (Å²) in [5.41, 5.74) is 0.591. The van der Waals surface area contributed by atoms with Gasteiger partial charge in [0.2, 0.25) is 11.0 Å². The standard InChI is InChI=1S/C15H15F2N3O3S2/c1-3-24-15-20-19-14(25-15)18-12(21)7-5-9-4-6-10(23-13(16)17)11(8-9)22-2/h4-8,13H,3H2,1-2H3,(H,18,19,21)/b7-5+. The van der Waals surface area contributed by atoms with Crippen molar-refractivity contribution in [3.05, 3.63) is 29.8 Å². The zero-order valence-electron chi connectivity index (χ0n) is 13.4. The molecule has 0 fully saturated rings. The smallest absolute Gasteiger partial charge is 0.387 e. The van der Waals surface area contributed by atoms with Crippen LogP contribution in [0.3, 0.4) is 0 Å². The summed E-state index contributed by atoms with van der Waals surface area (Å²) in [6.07, 6.45) is 2.82.